The number of aryl methyl sites for hydroxylation is 2. The lowest BCUT2D eigenvalue weighted by Gasteiger charge is -2.07. The molecule has 0 radical (unpaired) electrons. The first kappa shape index (κ1) is 12.7. The Hall–Kier alpha value is -2.70. The van der Waals surface area contributed by atoms with Crippen LogP contribution in [0.4, 0.5) is 11.5 Å². The lowest BCUT2D eigenvalue weighted by molar-refractivity contribution is -0.385. The molecule has 0 unspecified atom stereocenters. The van der Waals surface area contributed by atoms with Crippen molar-refractivity contribution in [3.63, 3.8) is 0 Å². The maximum Gasteiger partial charge on any atom is 0.311 e. The van der Waals surface area contributed by atoms with Crippen molar-refractivity contribution in [1.29, 1.82) is 0 Å². The zero-order valence-corrected chi connectivity index (χ0v) is 10.5. The number of ether oxygens (including phenoxy) is 1. The van der Waals surface area contributed by atoms with Crippen LogP contribution in [0.25, 0.3) is 0 Å². The number of anilines is 1. The molecule has 0 aliphatic rings. The molecular weight excluding hydrogens is 248 g/mol. The third-order valence-electron chi connectivity index (χ3n) is 2.36. The first-order chi connectivity index (χ1) is 8.95. The molecule has 7 nitrogen and oxygen atoms in total. The number of nitrogens with zero attached hydrogens (tertiary/aromatic N) is 3. The Morgan fingerprint density at radius 3 is 2.63 bits per heavy atom. The Balaban J connectivity index is 2.40. The molecule has 0 atom stereocenters. The SMILES string of the molecule is Cc1ccc(Oc2cc(N)nc(C)n2)c([N+](=O)[O-])c1. The summed E-state index contributed by atoms with van der Waals surface area (Å²) in [5.74, 6) is 0.979. The lowest BCUT2D eigenvalue weighted by atomic mass is 10.2. The van der Waals surface area contributed by atoms with E-state index in [0.29, 0.717) is 5.82 Å². The smallest absolute Gasteiger partial charge is 0.311 e. The van der Waals surface area contributed by atoms with Crippen LogP contribution in [0, 0.1) is 24.0 Å². The average molecular weight is 260 g/mol. The number of hydrogen-bond donors (Lipinski definition) is 1. The molecule has 98 valence electrons. The molecule has 1 aromatic carbocycles. The third-order valence-corrected chi connectivity index (χ3v) is 2.36. The fourth-order valence-electron chi connectivity index (χ4n) is 1.58. The molecule has 0 spiro atoms. The Morgan fingerprint density at radius 2 is 2.00 bits per heavy atom. The molecule has 7 heteroatoms. The summed E-state index contributed by atoms with van der Waals surface area (Å²) < 4.78 is 5.41. The normalized spacial score (nSPS) is 10.2. The second kappa shape index (κ2) is 4.89. The molecule has 1 heterocycles. The quantitative estimate of drug-likeness (QED) is 0.671. The number of aromatic nitrogens is 2. The fraction of sp³-hybridized carbons (Fsp3) is 0.167. The topological polar surface area (TPSA) is 104 Å². The van der Waals surface area contributed by atoms with Gasteiger partial charge in [-0.2, -0.15) is 4.98 Å². The van der Waals surface area contributed by atoms with Gasteiger partial charge in [-0.1, -0.05) is 6.07 Å². The Labute approximate surface area is 109 Å². The minimum atomic E-state index is -0.500. The van der Waals surface area contributed by atoms with Crippen LogP contribution < -0.4 is 10.5 Å². The second-order valence-electron chi connectivity index (χ2n) is 4.01. The van der Waals surface area contributed by atoms with Crippen molar-refractivity contribution in [3.05, 3.63) is 45.8 Å². The highest BCUT2D eigenvalue weighted by Crippen LogP contribution is 2.31. The summed E-state index contributed by atoms with van der Waals surface area (Å²) in [5.41, 5.74) is 6.23. The van der Waals surface area contributed by atoms with Gasteiger partial charge in [-0.05, 0) is 25.5 Å². The largest absolute Gasteiger partial charge is 0.432 e. The first-order valence-corrected chi connectivity index (χ1v) is 5.50. The maximum absolute atomic E-state index is 11.0. The molecule has 2 aromatic rings. The van der Waals surface area contributed by atoms with Crippen molar-refractivity contribution in [2.75, 3.05) is 5.73 Å². The van der Waals surface area contributed by atoms with E-state index < -0.39 is 4.92 Å². The third kappa shape index (κ3) is 2.95. The highest BCUT2D eigenvalue weighted by molar-refractivity contribution is 5.50. The number of hydrogen-bond acceptors (Lipinski definition) is 6. The average Bonchev–Trinajstić information content (AvgIpc) is 2.30. The van der Waals surface area contributed by atoms with Gasteiger partial charge in [0.25, 0.3) is 0 Å². The van der Waals surface area contributed by atoms with Gasteiger partial charge in [0.2, 0.25) is 11.6 Å². The van der Waals surface area contributed by atoms with Gasteiger partial charge in [-0.3, -0.25) is 10.1 Å². The van der Waals surface area contributed by atoms with Gasteiger partial charge < -0.3 is 10.5 Å². The van der Waals surface area contributed by atoms with Crippen molar-refractivity contribution >= 4 is 11.5 Å². The van der Waals surface area contributed by atoms with Crippen LogP contribution in [0.15, 0.2) is 24.3 Å². The van der Waals surface area contributed by atoms with Crippen molar-refractivity contribution in [2.24, 2.45) is 0 Å². The number of nitrogen functional groups attached to an aromatic ring is 1. The van der Waals surface area contributed by atoms with Crippen LogP contribution in [0.2, 0.25) is 0 Å². The predicted molar refractivity (Wildman–Crippen MR) is 69.1 cm³/mol. The van der Waals surface area contributed by atoms with Crippen molar-refractivity contribution < 1.29 is 9.66 Å². The summed E-state index contributed by atoms with van der Waals surface area (Å²) in [4.78, 5) is 18.4. The molecular formula is C12H12N4O3. The van der Waals surface area contributed by atoms with Crippen LogP contribution in [-0.2, 0) is 0 Å². The monoisotopic (exact) mass is 260 g/mol. The van der Waals surface area contributed by atoms with Gasteiger partial charge in [0.05, 0.1) is 4.92 Å². The standard InChI is InChI=1S/C12H12N4O3/c1-7-3-4-10(9(5-7)16(17)18)19-12-6-11(13)14-8(2)15-12/h3-6H,1-2H3,(H2,13,14,15). The summed E-state index contributed by atoms with van der Waals surface area (Å²) in [6.07, 6.45) is 0. The molecule has 0 saturated carbocycles. The molecule has 0 fully saturated rings. The van der Waals surface area contributed by atoms with E-state index in [1.165, 1.54) is 18.2 Å². The van der Waals surface area contributed by atoms with E-state index in [1.54, 1.807) is 19.9 Å². The molecule has 2 N–H and O–H groups in total. The number of rotatable bonds is 3. The van der Waals surface area contributed by atoms with Crippen molar-refractivity contribution in [3.8, 4) is 11.6 Å². The highest BCUT2D eigenvalue weighted by atomic mass is 16.6. The van der Waals surface area contributed by atoms with E-state index in [-0.39, 0.29) is 23.1 Å². The van der Waals surface area contributed by atoms with Gasteiger partial charge in [0.1, 0.15) is 11.6 Å². The van der Waals surface area contributed by atoms with Gasteiger partial charge in [-0.25, -0.2) is 4.98 Å². The Kier molecular flexibility index (Phi) is 3.28. The van der Waals surface area contributed by atoms with Crippen LogP contribution in [0.5, 0.6) is 11.6 Å². The zero-order chi connectivity index (χ0) is 14.0. The van der Waals surface area contributed by atoms with Gasteiger partial charge in [0, 0.05) is 12.1 Å². The van der Waals surface area contributed by atoms with E-state index in [0.717, 1.165) is 5.56 Å². The second-order valence-corrected chi connectivity index (χ2v) is 4.01. The number of benzene rings is 1. The molecule has 0 saturated heterocycles. The van der Waals surface area contributed by atoms with E-state index in [2.05, 4.69) is 9.97 Å². The highest BCUT2D eigenvalue weighted by Gasteiger charge is 2.16. The summed E-state index contributed by atoms with van der Waals surface area (Å²) in [6.45, 7) is 3.43. The molecule has 2 rings (SSSR count). The van der Waals surface area contributed by atoms with E-state index in [9.17, 15) is 10.1 Å². The molecule has 19 heavy (non-hydrogen) atoms. The molecule has 0 bridgehead atoms. The minimum absolute atomic E-state index is 0.116. The molecule has 0 aliphatic heterocycles. The van der Waals surface area contributed by atoms with Gasteiger partial charge in [0.15, 0.2) is 0 Å². The lowest BCUT2D eigenvalue weighted by Crippen LogP contribution is -1.99. The number of nitrogens with two attached hydrogens (primary N) is 1. The van der Waals surface area contributed by atoms with E-state index in [4.69, 9.17) is 10.5 Å². The zero-order valence-electron chi connectivity index (χ0n) is 10.5. The van der Waals surface area contributed by atoms with E-state index in [1.807, 2.05) is 0 Å². The first-order valence-electron chi connectivity index (χ1n) is 5.50. The van der Waals surface area contributed by atoms with Crippen LogP contribution in [0.3, 0.4) is 0 Å². The molecule has 0 amide bonds. The van der Waals surface area contributed by atoms with Crippen LogP contribution in [0.1, 0.15) is 11.4 Å². The summed E-state index contributed by atoms with van der Waals surface area (Å²) in [7, 11) is 0. The number of nitro benzene ring substituents is 1. The summed E-state index contributed by atoms with van der Waals surface area (Å²) in [5, 5.41) is 11.0. The van der Waals surface area contributed by atoms with Crippen LogP contribution in [-0.4, -0.2) is 14.9 Å². The predicted octanol–water partition coefficient (Wildman–Crippen LogP) is 2.38. The van der Waals surface area contributed by atoms with Crippen molar-refractivity contribution in [1.82, 2.24) is 9.97 Å². The molecule has 1 aromatic heterocycles. The fourth-order valence-corrected chi connectivity index (χ4v) is 1.58. The minimum Gasteiger partial charge on any atom is -0.432 e. The van der Waals surface area contributed by atoms with Crippen molar-refractivity contribution in [2.45, 2.75) is 13.8 Å². The molecule has 0 aliphatic carbocycles. The van der Waals surface area contributed by atoms with Crippen LogP contribution >= 0.6 is 0 Å². The maximum atomic E-state index is 11.0. The van der Waals surface area contributed by atoms with E-state index >= 15 is 0 Å². The van der Waals surface area contributed by atoms with Gasteiger partial charge in [-0.15, -0.1) is 0 Å². The Bertz CT molecular complexity index is 623. The Morgan fingerprint density at radius 1 is 1.26 bits per heavy atom. The van der Waals surface area contributed by atoms with Gasteiger partial charge >= 0.3 is 5.69 Å². The summed E-state index contributed by atoms with van der Waals surface area (Å²) in [6, 6.07) is 6.10. The number of nitro groups is 1. The summed E-state index contributed by atoms with van der Waals surface area (Å²) >= 11 is 0.